The summed E-state index contributed by atoms with van der Waals surface area (Å²) in [6.07, 6.45) is 3.09. The van der Waals surface area contributed by atoms with Crippen LogP contribution in [-0.4, -0.2) is 35.7 Å². The van der Waals surface area contributed by atoms with Crippen LogP contribution in [0.4, 0.5) is 0 Å². The molecule has 0 bridgehead atoms. The number of hydrogen-bond donors (Lipinski definition) is 0. The van der Waals surface area contributed by atoms with E-state index in [0.717, 1.165) is 37.5 Å². The van der Waals surface area contributed by atoms with Crippen LogP contribution in [0, 0.1) is 5.92 Å². The van der Waals surface area contributed by atoms with Crippen LogP contribution in [0.15, 0.2) is 15.6 Å². The molecule has 1 atom stereocenters. The number of rotatable bonds is 2. The van der Waals surface area contributed by atoms with Crippen molar-refractivity contribution in [3.8, 4) is 0 Å². The maximum absolute atomic E-state index is 12.0. The van der Waals surface area contributed by atoms with Crippen molar-refractivity contribution in [1.82, 2.24) is 4.90 Å². The van der Waals surface area contributed by atoms with Crippen LogP contribution in [0.3, 0.4) is 0 Å². The average Bonchev–Trinajstić information content (AvgIpc) is 2.88. The first-order valence-corrected chi connectivity index (χ1v) is 7.02. The first-order valence-electron chi connectivity index (χ1n) is 6.20. The van der Waals surface area contributed by atoms with Gasteiger partial charge < -0.3 is 9.64 Å². The summed E-state index contributed by atoms with van der Waals surface area (Å²) in [5.74, 6) is -0.120. The van der Waals surface area contributed by atoms with Gasteiger partial charge in [-0.05, 0) is 26.2 Å². The highest BCUT2D eigenvalue weighted by molar-refractivity contribution is 8.17. The van der Waals surface area contributed by atoms with Crippen LogP contribution in [0.5, 0.6) is 0 Å². The Kier molecular flexibility index (Phi) is 2.86. The quantitative estimate of drug-likeness (QED) is 0.705. The molecule has 0 saturated heterocycles. The van der Waals surface area contributed by atoms with Gasteiger partial charge in [0.15, 0.2) is 5.17 Å². The summed E-state index contributed by atoms with van der Waals surface area (Å²) in [6, 6.07) is 0. The Morgan fingerprint density at radius 1 is 1.65 bits per heavy atom. The normalized spacial score (nSPS) is 26.8. The summed E-state index contributed by atoms with van der Waals surface area (Å²) in [6.45, 7) is 4.11. The Morgan fingerprint density at radius 3 is 3.35 bits per heavy atom. The Balaban J connectivity index is 1.88. The third-order valence-electron chi connectivity index (χ3n) is 3.39. The number of carbonyl (C=O) groups is 1. The summed E-state index contributed by atoms with van der Waals surface area (Å²) in [5.41, 5.74) is 1.19. The highest BCUT2D eigenvalue weighted by atomic mass is 32.2. The fourth-order valence-corrected chi connectivity index (χ4v) is 3.97. The van der Waals surface area contributed by atoms with Gasteiger partial charge in [-0.1, -0.05) is 11.8 Å². The van der Waals surface area contributed by atoms with Crippen LogP contribution >= 0.6 is 11.8 Å². The fraction of sp³-hybridized carbons (Fsp3) is 0.667. The van der Waals surface area contributed by atoms with Gasteiger partial charge in [0.25, 0.3) is 0 Å². The smallest absolute Gasteiger partial charge is 0.314 e. The first kappa shape index (κ1) is 11.1. The molecular formula is C12H16N2O2S. The van der Waals surface area contributed by atoms with Crippen molar-refractivity contribution in [2.75, 3.05) is 19.7 Å². The predicted octanol–water partition coefficient (Wildman–Crippen LogP) is 1.98. The molecule has 4 nitrogen and oxygen atoms in total. The number of ether oxygens (including phenoxy) is 1. The summed E-state index contributed by atoms with van der Waals surface area (Å²) in [4.78, 5) is 20.0. The summed E-state index contributed by atoms with van der Waals surface area (Å²) in [5, 5.41) is 1.09. The first-order chi connectivity index (χ1) is 8.31. The molecule has 1 aliphatic carbocycles. The SMILES string of the molecule is CCOC(=O)C1CCCC2=C1N1CCN=C1S2. The van der Waals surface area contributed by atoms with Gasteiger partial charge in [0.1, 0.15) is 0 Å². The Labute approximate surface area is 105 Å². The molecule has 3 rings (SSSR count). The molecule has 0 amide bonds. The van der Waals surface area contributed by atoms with Gasteiger partial charge in [-0.15, -0.1) is 0 Å². The molecule has 17 heavy (non-hydrogen) atoms. The lowest BCUT2D eigenvalue weighted by atomic mass is 9.91. The molecule has 1 unspecified atom stereocenters. The standard InChI is InChI=1S/C12H16N2O2S/c1-2-16-11(15)8-4-3-5-9-10(8)14-7-6-13-12(14)17-9/h8H,2-7H2,1H3. The molecule has 3 aliphatic rings. The molecule has 0 aromatic rings. The van der Waals surface area contributed by atoms with E-state index in [9.17, 15) is 4.79 Å². The molecule has 5 heteroatoms. The van der Waals surface area contributed by atoms with E-state index >= 15 is 0 Å². The zero-order chi connectivity index (χ0) is 11.8. The lowest BCUT2D eigenvalue weighted by molar-refractivity contribution is -0.147. The fourth-order valence-electron chi connectivity index (χ4n) is 2.69. The number of thioether (sulfide) groups is 1. The van der Waals surface area contributed by atoms with Gasteiger partial charge in [-0.3, -0.25) is 9.79 Å². The molecule has 0 N–H and O–H groups in total. The minimum atomic E-state index is -0.0616. The van der Waals surface area contributed by atoms with Gasteiger partial charge in [-0.2, -0.15) is 0 Å². The van der Waals surface area contributed by atoms with E-state index in [2.05, 4.69) is 9.89 Å². The molecule has 0 spiro atoms. The van der Waals surface area contributed by atoms with E-state index < -0.39 is 0 Å². The largest absolute Gasteiger partial charge is 0.465 e. The van der Waals surface area contributed by atoms with E-state index in [1.807, 2.05) is 6.92 Å². The third-order valence-corrected chi connectivity index (χ3v) is 4.58. The van der Waals surface area contributed by atoms with Crippen LogP contribution in [-0.2, 0) is 9.53 Å². The second kappa shape index (κ2) is 4.37. The van der Waals surface area contributed by atoms with Gasteiger partial charge in [0, 0.05) is 17.1 Å². The third kappa shape index (κ3) is 1.76. The molecule has 2 heterocycles. The van der Waals surface area contributed by atoms with E-state index in [4.69, 9.17) is 4.74 Å². The molecule has 0 saturated carbocycles. The number of hydrogen-bond acceptors (Lipinski definition) is 5. The van der Waals surface area contributed by atoms with Crippen molar-refractivity contribution >= 4 is 22.9 Å². The Hall–Kier alpha value is -0.970. The number of aliphatic imine (C=N–C) groups is 1. The van der Waals surface area contributed by atoms with Crippen molar-refractivity contribution in [2.24, 2.45) is 10.9 Å². The van der Waals surface area contributed by atoms with Crippen LogP contribution < -0.4 is 0 Å². The van der Waals surface area contributed by atoms with Crippen molar-refractivity contribution < 1.29 is 9.53 Å². The zero-order valence-electron chi connectivity index (χ0n) is 9.94. The summed E-state index contributed by atoms with van der Waals surface area (Å²) in [7, 11) is 0. The summed E-state index contributed by atoms with van der Waals surface area (Å²) >= 11 is 1.75. The maximum atomic E-state index is 12.0. The molecular weight excluding hydrogens is 236 g/mol. The van der Waals surface area contributed by atoms with Gasteiger partial charge in [-0.25, -0.2) is 0 Å². The van der Waals surface area contributed by atoms with Crippen molar-refractivity contribution in [1.29, 1.82) is 0 Å². The van der Waals surface area contributed by atoms with Gasteiger partial charge >= 0.3 is 5.97 Å². The van der Waals surface area contributed by atoms with Crippen LogP contribution in [0.25, 0.3) is 0 Å². The van der Waals surface area contributed by atoms with E-state index in [1.165, 1.54) is 10.6 Å². The molecule has 2 aliphatic heterocycles. The van der Waals surface area contributed by atoms with Crippen molar-refractivity contribution in [2.45, 2.75) is 26.2 Å². The highest BCUT2D eigenvalue weighted by Crippen LogP contribution is 2.46. The second-order valence-corrected chi connectivity index (χ2v) is 5.49. The molecule has 0 aromatic carbocycles. The van der Waals surface area contributed by atoms with Crippen molar-refractivity contribution in [3.05, 3.63) is 10.6 Å². The lowest BCUT2D eigenvalue weighted by Gasteiger charge is -2.27. The van der Waals surface area contributed by atoms with E-state index in [-0.39, 0.29) is 11.9 Å². The molecule has 0 fully saturated rings. The minimum Gasteiger partial charge on any atom is -0.465 e. The maximum Gasteiger partial charge on any atom is 0.314 e. The van der Waals surface area contributed by atoms with Crippen molar-refractivity contribution in [3.63, 3.8) is 0 Å². The molecule has 0 aromatic heterocycles. The van der Waals surface area contributed by atoms with E-state index in [1.54, 1.807) is 11.8 Å². The average molecular weight is 252 g/mol. The Bertz CT molecular complexity index is 417. The Morgan fingerprint density at radius 2 is 2.53 bits per heavy atom. The number of nitrogens with zero attached hydrogens (tertiary/aromatic N) is 2. The predicted molar refractivity (Wildman–Crippen MR) is 67.6 cm³/mol. The van der Waals surface area contributed by atoms with Crippen LogP contribution in [0.1, 0.15) is 26.2 Å². The molecule has 0 radical (unpaired) electrons. The van der Waals surface area contributed by atoms with E-state index in [0.29, 0.717) is 6.61 Å². The topological polar surface area (TPSA) is 41.9 Å². The number of allylic oxidation sites excluding steroid dienone is 1. The lowest BCUT2D eigenvalue weighted by Crippen LogP contribution is -2.32. The highest BCUT2D eigenvalue weighted by Gasteiger charge is 2.41. The number of fused-ring (bicyclic) bond motifs is 2. The number of esters is 1. The van der Waals surface area contributed by atoms with Gasteiger partial charge in [0.2, 0.25) is 0 Å². The molecule has 92 valence electrons. The number of amidine groups is 1. The summed E-state index contributed by atoms with van der Waals surface area (Å²) < 4.78 is 5.19. The second-order valence-electron chi connectivity index (χ2n) is 4.42. The van der Waals surface area contributed by atoms with Crippen LogP contribution in [0.2, 0.25) is 0 Å². The number of carbonyl (C=O) groups excluding carboxylic acids is 1. The van der Waals surface area contributed by atoms with Gasteiger partial charge in [0.05, 0.1) is 19.1 Å². The zero-order valence-corrected chi connectivity index (χ0v) is 10.8. The monoisotopic (exact) mass is 252 g/mol. The minimum absolute atomic E-state index is 0.0583.